The average Bonchev–Trinajstić information content (AvgIpc) is 3.59. The maximum absolute atomic E-state index is 7.28. The molecule has 5 heteroatoms. The van der Waals surface area contributed by atoms with Crippen molar-refractivity contribution in [3.05, 3.63) is 144 Å². The molecule has 0 aliphatic carbocycles. The molecule has 12 rings (SSSR count). The highest BCUT2D eigenvalue weighted by Gasteiger charge is 2.54. The minimum Gasteiger partial charge on any atom is -0.468 e. The molecule has 8 aromatic rings. The lowest BCUT2D eigenvalue weighted by molar-refractivity contribution is 0.590. The van der Waals surface area contributed by atoms with E-state index >= 15 is 0 Å². The summed E-state index contributed by atoms with van der Waals surface area (Å²) in [6.07, 6.45) is 0. The largest absolute Gasteiger partial charge is 0.468 e. The number of para-hydroxylation sites is 1. The highest BCUT2D eigenvalue weighted by Crippen LogP contribution is 2.53. The third kappa shape index (κ3) is 4.68. The van der Waals surface area contributed by atoms with Gasteiger partial charge in [-0.25, -0.2) is 0 Å². The molecule has 5 heterocycles. The Morgan fingerprint density at radius 1 is 0.458 bits per heavy atom. The van der Waals surface area contributed by atoms with Crippen LogP contribution < -0.4 is 37.2 Å². The van der Waals surface area contributed by atoms with E-state index < -0.39 is 0 Å². The number of hydrogen-bond donors (Lipinski definition) is 0. The molecule has 0 spiro atoms. The van der Waals surface area contributed by atoms with Crippen LogP contribution in [0, 0.1) is 0 Å². The Labute approximate surface area is 348 Å². The van der Waals surface area contributed by atoms with E-state index in [1.54, 1.807) is 0 Å². The van der Waals surface area contributed by atoms with Gasteiger partial charge in [-0.2, -0.15) is 0 Å². The Hall–Kier alpha value is -5.93. The lowest BCUT2D eigenvalue weighted by Crippen LogP contribution is -2.69. The van der Waals surface area contributed by atoms with Gasteiger partial charge in [-0.3, -0.25) is 0 Å². The number of fused-ring (bicyclic) bond motifs is 12. The Morgan fingerprint density at radius 2 is 1.05 bits per heavy atom. The summed E-state index contributed by atoms with van der Waals surface area (Å²) in [7, 11) is 0. The smallest absolute Gasteiger partial charge is 0.329 e. The molecule has 0 unspecified atom stereocenters. The van der Waals surface area contributed by atoms with E-state index in [2.05, 4.69) is 199 Å². The second kappa shape index (κ2) is 11.4. The molecule has 0 radical (unpaired) electrons. The normalized spacial score (nSPS) is 14.7. The lowest BCUT2D eigenvalue weighted by Gasteiger charge is -2.51. The third-order valence-electron chi connectivity index (χ3n) is 13.9. The minimum absolute atomic E-state index is 0.000590. The molecule has 0 atom stereocenters. The maximum Gasteiger partial charge on any atom is 0.329 e. The second-order valence-corrected chi connectivity index (χ2v) is 20.6. The summed E-state index contributed by atoms with van der Waals surface area (Å²) < 4.78 is 7.28. The van der Waals surface area contributed by atoms with Crippen LogP contribution >= 0.6 is 0 Å². The van der Waals surface area contributed by atoms with E-state index in [0.29, 0.717) is 0 Å². The van der Waals surface area contributed by atoms with Crippen molar-refractivity contribution in [2.75, 3.05) is 9.71 Å². The Balaban J connectivity index is 1.28. The summed E-state index contributed by atoms with van der Waals surface area (Å²) in [6.45, 7) is 21.0. The summed E-state index contributed by atoms with van der Waals surface area (Å²) in [5.74, 6) is 0. The van der Waals surface area contributed by atoms with Crippen LogP contribution in [0.3, 0.4) is 0 Å². The molecule has 0 N–H and O–H groups in total. The zero-order valence-corrected chi connectivity index (χ0v) is 35.6. The van der Waals surface area contributed by atoms with Crippen LogP contribution in [0.2, 0.25) is 0 Å². The molecule has 0 saturated heterocycles. The Morgan fingerprint density at radius 3 is 1.75 bits per heavy atom. The van der Waals surface area contributed by atoms with Crippen molar-refractivity contribution in [3.8, 4) is 22.3 Å². The predicted octanol–water partition coefficient (Wildman–Crippen LogP) is 11.0. The monoisotopic (exact) mass is 762 g/mol. The molecule has 1 aromatic heterocycles. The van der Waals surface area contributed by atoms with Crippen LogP contribution in [0.4, 0.5) is 28.4 Å². The fraction of sp³-hybridized carbons (Fsp3) is 0.222. The molecule has 4 aliphatic heterocycles. The molecular weight excluding hydrogens is 714 g/mol. The summed E-state index contributed by atoms with van der Waals surface area (Å²) in [6, 6.07) is 48.8. The summed E-state index contributed by atoms with van der Waals surface area (Å²) in [5, 5.41) is 3.59. The molecule has 59 heavy (non-hydrogen) atoms. The molecule has 0 amide bonds. The van der Waals surface area contributed by atoms with E-state index in [9.17, 15) is 0 Å². The van der Waals surface area contributed by atoms with Gasteiger partial charge in [0.2, 0.25) is 0 Å². The van der Waals surface area contributed by atoms with Gasteiger partial charge in [0.05, 0.1) is 17.0 Å². The van der Waals surface area contributed by atoms with Crippen LogP contribution in [0.15, 0.2) is 132 Å². The van der Waals surface area contributed by atoms with Gasteiger partial charge in [-0.05, 0) is 102 Å². The van der Waals surface area contributed by atoms with E-state index in [1.165, 1.54) is 94.3 Å². The standard InChI is InChI=1S/C54H48B2N2O/c1-52(2,3)32-21-23-36-38-25-26-45-47-49(38)58-48-40(37-24-22-33(53(4,5)6)29-42(37)56(58)41(36)28-32)27-34(54(7,8)9)30-43(48)55(47)51-50(39-18-12-13-20-46(39)59-51)57(45)44-19-14-16-31-15-10-11-17-35(31)44/h10-30H,1-9H3. The SMILES string of the molecule is CC(C)(C)c1ccc2c(c1)B1c3cc(C(C)(C)C)ccc3-c3ccc4c5c3N1c1c(cc(C(C)(C)C)cc1-2)B5c1oc2ccccc2c1N4c1cccc2ccccc12. The molecule has 4 aliphatic rings. The lowest BCUT2D eigenvalue weighted by atomic mass is 9.31. The molecule has 0 saturated carbocycles. The van der Waals surface area contributed by atoms with Gasteiger partial charge in [-0.1, -0.05) is 159 Å². The first-order chi connectivity index (χ1) is 28.2. The van der Waals surface area contributed by atoms with Crippen molar-refractivity contribution in [1.82, 2.24) is 0 Å². The van der Waals surface area contributed by atoms with Crippen molar-refractivity contribution < 1.29 is 4.42 Å². The van der Waals surface area contributed by atoms with Gasteiger partial charge >= 0.3 is 6.85 Å². The predicted molar refractivity (Wildman–Crippen MR) is 254 cm³/mol. The van der Waals surface area contributed by atoms with Crippen LogP contribution in [0.5, 0.6) is 0 Å². The number of anilines is 5. The summed E-state index contributed by atoms with van der Waals surface area (Å²) in [4.78, 5) is 5.32. The third-order valence-corrected chi connectivity index (χ3v) is 13.9. The summed E-state index contributed by atoms with van der Waals surface area (Å²) >= 11 is 0. The number of benzene rings is 7. The highest BCUT2D eigenvalue weighted by molar-refractivity contribution is 7.03. The topological polar surface area (TPSA) is 19.6 Å². The van der Waals surface area contributed by atoms with E-state index in [-0.39, 0.29) is 29.8 Å². The number of rotatable bonds is 1. The molecule has 286 valence electrons. The summed E-state index contributed by atoms with van der Waals surface area (Å²) in [5.41, 5.74) is 22.9. The number of furan rings is 1. The molecule has 3 nitrogen and oxygen atoms in total. The fourth-order valence-corrected chi connectivity index (χ4v) is 10.8. The van der Waals surface area contributed by atoms with Gasteiger partial charge in [0, 0.05) is 39.0 Å². The van der Waals surface area contributed by atoms with Gasteiger partial charge in [0.1, 0.15) is 5.58 Å². The Bertz CT molecular complexity index is 3150. The highest BCUT2D eigenvalue weighted by atomic mass is 16.3. The van der Waals surface area contributed by atoms with Crippen LogP contribution in [0.1, 0.15) is 79.0 Å². The molecule has 0 fully saturated rings. The fourth-order valence-electron chi connectivity index (χ4n) is 10.8. The van der Waals surface area contributed by atoms with E-state index in [0.717, 1.165) is 22.3 Å². The molecule has 0 bridgehead atoms. The van der Waals surface area contributed by atoms with Crippen LogP contribution in [-0.2, 0) is 16.2 Å². The van der Waals surface area contributed by atoms with Gasteiger partial charge in [0.25, 0.3) is 6.71 Å². The minimum atomic E-state index is -0.104. The van der Waals surface area contributed by atoms with Crippen LogP contribution in [-0.4, -0.2) is 13.6 Å². The molecule has 7 aromatic carbocycles. The van der Waals surface area contributed by atoms with Crippen molar-refractivity contribution >= 4 is 91.2 Å². The maximum atomic E-state index is 7.28. The van der Waals surface area contributed by atoms with Gasteiger partial charge in [0.15, 0.2) is 0 Å². The second-order valence-electron chi connectivity index (χ2n) is 20.6. The number of nitrogens with zero attached hydrogens (tertiary/aromatic N) is 2. The van der Waals surface area contributed by atoms with Crippen molar-refractivity contribution in [2.45, 2.75) is 78.6 Å². The quantitative estimate of drug-likeness (QED) is 0.155. The average molecular weight is 763 g/mol. The Kier molecular flexibility index (Phi) is 6.78. The first-order valence-corrected chi connectivity index (χ1v) is 21.4. The van der Waals surface area contributed by atoms with Gasteiger partial charge < -0.3 is 14.1 Å². The van der Waals surface area contributed by atoms with Gasteiger partial charge in [-0.15, -0.1) is 0 Å². The first kappa shape index (κ1) is 35.1. The van der Waals surface area contributed by atoms with Crippen molar-refractivity contribution in [1.29, 1.82) is 0 Å². The van der Waals surface area contributed by atoms with Crippen molar-refractivity contribution in [3.63, 3.8) is 0 Å². The number of hydrogen-bond acceptors (Lipinski definition) is 3. The zero-order valence-electron chi connectivity index (χ0n) is 35.6. The van der Waals surface area contributed by atoms with E-state index in [4.69, 9.17) is 4.42 Å². The zero-order chi connectivity index (χ0) is 40.5. The van der Waals surface area contributed by atoms with Crippen LogP contribution in [0.25, 0.3) is 44.0 Å². The first-order valence-electron chi connectivity index (χ1n) is 21.4. The molecular formula is C54H48B2N2O. The van der Waals surface area contributed by atoms with Crippen molar-refractivity contribution in [2.24, 2.45) is 0 Å². The van der Waals surface area contributed by atoms with E-state index in [1.807, 2.05) is 0 Å².